The summed E-state index contributed by atoms with van der Waals surface area (Å²) in [5, 5.41) is 0. The highest BCUT2D eigenvalue weighted by Gasteiger charge is 2.24. The fourth-order valence-electron chi connectivity index (χ4n) is 4.73. The highest BCUT2D eigenvalue weighted by atomic mass is 16.7. The lowest BCUT2D eigenvalue weighted by atomic mass is 9.78. The van der Waals surface area contributed by atoms with Gasteiger partial charge in [0.15, 0.2) is 6.29 Å². The maximum Gasteiger partial charge on any atom is 0.155 e. The summed E-state index contributed by atoms with van der Waals surface area (Å²) in [5.74, 6) is 3.27. The van der Waals surface area contributed by atoms with Gasteiger partial charge < -0.3 is 9.47 Å². The normalized spacial score (nSPS) is 27.6. The predicted molar refractivity (Wildman–Crippen MR) is 107 cm³/mol. The summed E-state index contributed by atoms with van der Waals surface area (Å²) in [6, 6.07) is 0. The van der Waals surface area contributed by atoms with Crippen LogP contribution in [0.25, 0.3) is 0 Å². The van der Waals surface area contributed by atoms with Gasteiger partial charge in [-0.25, -0.2) is 0 Å². The Kier molecular flexibility index (Phi) is 9.55. The first-order valence-corrected chi connectivity index (χ1v) is 11.0. The second kappa shape index (κ2) is 11.4. The molecule has 146 valence electrons. The smallest absolute Gasteiger partial charge is 0.155 e. The lowest BCUT2D eigenvalue weighted by molar-refractivity contribution is -0.154. The van der Waals surface area contributed by atoms with Crippen LogP contribution in [0.15, 0.2) is 12.2 Å². The number of ether oxygens (including phenoxy) is 2. The van der Waals surface area contributed by atoms with Crippen molar-refractivity contribution in [2.24, 2.45) is 23.7 Å². The van der Waals surface area contributed by atoms with Crippen LogP contribution >= 0.6 is 0 Å². The molecular weight excluding hydrogens is 308 g/mol. The van der Waals surface area contributed by atoms with Crippen LogP contribution in [0.2, 0.25) is 0 Å². The summed E-state index contributed by atoms with van der Waals surface area (Å²) in [5.41, 5.74) is 0. The summed E-state index contributed by atoms with van der Waals surface area (Å²) >= 11 is 0. The van der Waals surface area contributed by atoms with Crippen molar-refractivity contribution in [1.29, 1.82) is 0 Å². The van der Waals surface area contributed by atoms with E-state index in [-0.39, 0.29) is 12.4 Å². The van der Waals surface area contributed by atoms with Gasteiger partial charge in [0.25, 0.3) is 0 Å². The molecule has 0 saturated heterocycles. The molecule has 1 saturated carbocycles. The molecule has 0 amide bonds. The van der Waals surface area contributed by atoms with Crippen molar-refractivity contribution in [3.05, 3.63) is 12.2 Å². The molecule has 0 spiro atoms. The zero-order chi connectivity index (χ0) is 18.1. The van der Waals surface area contributed by atoms with E-state index in [1.54, 1.807) is 0 Å². The van der Waals surface area contributed by atoms with Crippen molar-refractivity contribution >= 4 is 0 Å². The van der Waals surface area contributed by atoms with Gasteiger partial charge in [-0.1, -0.05) is 71.4 Å². The summed E-state index contributed by atoms with van der Waals surface area (Å²) in [7, 11) is 0. The van der Waals surface area contributed by atoms with Crippen LogP contribution in [0.4, 0.5) is 0 Å². The van der Waals surface area contributed by atoms with Crippen LogP contribution in [0.5, 0.6) is 0 Å². The average molecular weight is 351 g/mol. The van der Waals surface area contributed by atoms with E-state index < -0.39 is 0 Å². The molecule has 0 heterocycles. The molecule has 0 bridgehead atoms. The Labute approximate surface area is 156 Å². The maximum atomic E-state index is 6.11. The number of hydrogen-bond donors (Lipinski definition) is 0. The Balaban J connectivity index is 1.64. The van der Waals surface area contributed by atoms with Crippen LogP contribution in [-0.2, 0) is 9.47 Å². The highest BCUT2D eigenvalue weighted by molar-refractivity contribution is 5.01. The Bertz CT molecular complexity index is 370. The SMILES string of the molecule is CCC(CC(C)C)C1C=CC(OC(C)OCCC2CCCCC2)CC1. The van der Waals surface area contributed by atoms with E-state index >= 15 is 0 Å². The molecule has 4 unspecified atom stereocenters. The molecule has 2 aliphatic rings. The van der Waals surface area contributed by atoms with Crippen molar-refractivity contribution < 1.29 is 9.47 Å². The Morgan fingerprint density at radius 3 is 2.32 bits per heavy atom. The minimum absolute atomic E-state index is 0.0765. The zero-order valence-electron chi connectivity index (χ0n) is 17.2. The minimum Gasteiger partial charge on any atom is -0.353 e. The van der Waals surface area contributed by atoms with E-state index in [0.29, 0.717) is 0 Å². The number of hydrogen-bond acceptors (Lipinski definition) is 2. The first-order valence-electron chi connectivity index (χ1n) is 11.0. The second-order valence-electron chi connectivity index (χ2n) is 8.83. The van der Waals surface area contributed by atoms with Crippen LogP contribution in [0.3, 0.4) is 0 Å². The molecule has 0 aromatic rings. The van der Waals surface area contributed by atoms with E-state index in [0.717, 1.165) is 36.7 Å². The van der Waals surface area contributed by atoms with E-state index in [9.17, 15) is 0 Å². The van der Waals surface area contributed by atoms with E-state index in [1.807, 2.05) is 0 Å². The third-order valence-electron chi connectivity index (χ3n) is 6.23. The first kappa shape index (κ1) is 21.0. The van der Waals surface area contributed by atoms with Gasteiger partial charge in [-0.05, 0) is 56.3 Å². The number of rotatable bonds is 10. The van der Waals surface area contributed by atoms with Gasteiger partial charge in [-0.3, -0.25) is 0 Å². The third kappa shape index (κ3) is 7.83. The van der Waals surface area contributed by atoms with E-state index in [2.05, 4.69) is 39.8 Å². The van der Waals surface area contributed by atoms with Crippen molar-refractivity contribution in [3.63, 3.8) is 0 Å². The quantitative estimate of drug-likeness (QED) is 0.321. The summed E-state index contributed by atoms with van der Waals surface area (Å²) in [4.78, 5) is 0. The van der Waals surface area contributed by atoms with E-state index in [1.165, 1.54) is 57.8 Å². The fourth-order valence-corrected chi connectivity index (χ4v) is 4.73. The van der Waals surface area contributed by atoms with Crippen molar-refractivity contribution in [2.75, 3.05) is 6.61 Å². The minimum atomic E-state index is -0.0765. The van der Waals surface area contributed by atoms with E-state index in [4.69, 9.17) is 9.47 Å². The predicted octanol–water partition coefficient (Wildman–Crippen LogP) is 6.74. The largest absolute Gasteiger partial charge is 0.353 e. The van der Waals surface area contributed by atoms with Crippen LogP contribution in [0, 0.1) is 23.7 Å². The topological polar surface area (TPSA) is 18.5 Å². The molecule has 0 aromatic carbocycles. The van der Waals surface area contributed by atoms with Gasteiger partial charge in [0.1, 0.15) is 0 Å². The molecule has 0 radical (unpaired) electrons. The van der Waals surface area contributed by atoms with Crippen LogP contribution in [-0.4, -0.2) is 19.0 Å². The van der Waals surface area contributed by atoms with Crippen LogP contribution in [0.1, 0.15) is 91.9 Å². The Morgan fingerprint density at radius 2 is 1.72 bits per heavy atom. The lowest BCUT2D eigenvalue weighted by Crippen LogP contribution is -2.26. The molecule has 2 aliphatic carbocycles. The average Bonchev–Trinajstić information content (AvgIpc) is 2.61. The molecule has 2 rings (SSSR count). The second-order valence-corrected chi connectivity index (χ2v) is 8.83. The molecule has 0 N–H and O–H groups in total. The standard InChI is InChI=1S/C23H42O2/c1-5-21(17-18(2)3)22-11-13-23(14-12-22)25-19(4)24-16-15-20-9-7-6-8-10-20/h11,13,18-23H,5-10,12,14-17H2,1-4H3. The third-order valence-corrected chi connectivity index (χ3v) is 6.23. The molecule has 2 nitrogen and oxygen atoms in total. The lowest BCUT2D eigenvalue weighted by Gasteiger charge is -2.31. The van der Waals surface area contributed by atoms with Crippen molar-refractivity contribution in [2.45, 2.75) is 104 Å². The number of allylic oxidation sites excluding steroid dienone is 1. The Morgan fingerprint density at radius 1 is 0.960 bits per heavy atom. The monoisotopic (exact) mass is 350 g/mol. The van der Waals surface area contributed by atoms with Crippen LogP contribution < -0.4 is 0 Å². The first-order chi connectivity index (χ1) is 12.1. The van der Waals surface area contributed by atoms with Crippen molar-refractivity contribution in [3.8, 4) is 0 Å². The van der Waals surface area contributed by atoms with Gasteiger partial charge in [0.2, 0.25) is 0 Å². The molecule has 0 aromatic heterocycles. The zero-order valence-corrected chi connectivity index (χ0v) is 17.2. The molecule has 0 aliphatic heterocycles. The Hall–Kier alpha value is -0.340. The maximum absolute atomic E-state index is 6.11. The summed E-state index contributed by atoms with van der Waals surface area (Å²) < 4.78 is 12.1. The van der Waals surface area contributed by atoms with Gasteiger partial charge in [-0.15, -0.1) is 0 Å². The van der Waals surface area contributed by atoms with Gasteiger partial charge in [0, 0.05) is 6.61 Å². The molecule has 2 heteroatoms. The van der Waals surface area contributed by atoms with Crippen molar-refractivity contribution in [1.82, 2.24) is 0 Å². The molecular formula is C23H42O2. The molecule has 25 heavy (non-hydrogen) atoms. The van der Waals surface area contributed by atoms with Gasteiger partial charge in [-0.2, -0.15) is 0 Å². The van der Waals surface area contributed by atoms with Gasteiger partial charge in [0.05, 0.1) is 6.10 Å². The van der Waals surface area contributed by atoms with Gasteiger partial charge >= 0.3 is 0 Å². The fraction of sp³-hybridized carbons (Fsp3) is 0.913. The highest BCUT2D eigenvalue weighted by Crippen LogP contribution is 2.32. The summed E-state index contributed by atoms with van der Waals surface area (Å²) in [6.45, 7) is 9.94. The molecule has 1 fully saturated rings. The molecule has 4 atom stereocenters. The summed E-state index contributed by atoms with van der Waals surface area (Å²) in [6.07, 6.45) is 18.2.